The number of rotatable bonds is 7. The van der Waals surface area contributed by atoms with Crippen molar-refractivity contribution < 1.29 is 9.13 Å². The SMILES string of the molecule is COc1ccc(Nc2cc(NCCc3ccc(F)cc3)ncn2)cc1. The number of aromatic nitrogens is 2. The predicted molar refractivity (Wildman–Crippen MR) is 96.9 cm³/mol. The van der Waals surface area contributed by atoms with Crippen molar-refractivity contribution in [2.75, 3.05) is 24.3 Å². The third kappa shape index (κ3) is 4.91. The van der Waals surface area contributed by atoms with Crippen LogP contribution >= 0.6 is 0 Å². The van der Waals surface area contributed by atoms with E-state index in [0.717, 1.165) is 29.2 Å². The van der Waals surface area contributed by atoms with Gasteiger partial charge in [0.25, 0.3) is 0 Å². The number of anilines is 3. The van der Waals surface area contributed by atoms with Gasteiger partial charge >= 0.3 is 0 Å². The first kappa shape index (κ1) is 16.7. The van der Waals surface area contributed by atoms with Gasteiger partial charge in [-0.3, -0.25) is 0 Å². The number of nitrogens with zero attached hydrogens (tertiary/aromatic N) is 2. The first-order chi connectivity index (χ1) is 12.2. The molecule has 0 spiro atoms. The monoisotopic (exact) mass is 338 g/mol. The molecule has 3 rings (SSSR count). The standard InChI is InChI=1S/C19H19FN4O/c1-25-17-8-6-16(7-9-17)24-19-12-18(22-13-23-19)21-11-10-14-2-4-15(20)5-3-14/h2-9,12-13H,10-11H2,1H3,(H2,21,22,23,24). The van der Waals surface area contributed by atoms with Crippen molar-refractivity contribution in [2.45, 2.75) is 6.42 Å². The lowest BCUT2D eigenvalue weighted by Gasteiger charge is -2.09. The maximum absolute atomic E-state index is 12.9. The Morgan fingerprint density at radius 1 is 0.960 bits per heavy atom. The maximum Gasteiger partial charge on any atom is 0.135 e. The minimum Gasteiger partial charge on any atom is -0.497 e. The largest absolute Gasteiger partial charge is 0.497 e. The zero-order chi connectivity index (χ0) is 17.5. The molecule has 128 valence electrons. The van der Waals surface area contributed by atoms with Gasteiger partial charge in [0.1, 0.15) is 29.5 Å². The fourth-order valence-electron chi connectivity index (χ4n) is 2.33. The number of halogens is 1. The number of nitrogens with one attached hydrogen (secondary N) is 2. The summed E-state index contributed by atoms with van der Waals surface area (Å²) in [4.78, 5) is 8.43. The van der Waals surface area contributed by atoms with Crippen LogP contribution in [-0.2, 0) is 6.42 Å². The summed E-state index contributed by atoms with van der Waals surface area (Å²) in [5.41, 5.74) is 1.98. The Morgan fingerprint density at radius 3 is 2.40 bits per heavy atom. The quantitative estimate of drug-likeness (QED) is 0.681. The van der Waals surface area contributed by atoms with Gasteiger partial charge in [-0.2, -0.15) is 0 Å². The second kappa shape index (κ2) is 8.10. The van der Waals surface area contributed by atoms with Crippen molar-refractivity contribution in [3.8, 4) is 5.75 Å². The van der Waals surface area contributed by atoms with Crippen molar-refractivity contribution >= 4 is 17.3 Å². The van der Waals surface area contributed by atoms with Gasteiger partial charge in [0, 0.05) is 18.3 Å². The van der Waals surface area contributed by atoms with Crippen LogP contribution in [0.3, 0.4) is 0 Å². The molecule has 0 saturated heterocycles. The van der Waals surface area contributed by atoms with E-state index in [0.29, 0.717) is 12.4 Å². The van der Waals surface area contributed by atoms with Gasteiger partial charge in [-0.1, -0.05) is 12.1 Å². The molecule has 25 heavy (non-hydrogen) atoms. The Hall–Kier alpha value is -3.15. The molecule has 0 aliphatic rings. The molecule has 3 aromatic rings. The summed E-state index contributed by atoms with van der Waals surface area (Å²) in [6, 6.07) is 16.0. The van der Waals surface area contributed by atoms with Gasteiger partial charge in [0.05, 0.1) is 7.11 Å². The lowest BCUT2D eigenvalue weighted by molar-refractivity contribution is 0.415. The topological polar surface area (TPSA) is 59.1 Å². The van der Waals surface area contributed by atoms with Crippen molar-refractivity contribution in [1.29, 1.82) is 0 Å². The van der Waals surface area contributed by atoms with Crippen molar-refractivity contribution in [3.05, 3.63) is 72.3 Å². The van der Waals surface area contributed by atoms with Crippen LogP contribution in [0.15, 0.2) is 60.9 Å². The summed E-state index contributed by atoms with van der Waals surface area (Å²) in [6.07, 6.45) is 2.29. The van der Waals surface area contributed by atoms with Gasteiger partial charge in [-0.05, 0) is 48.4 Å². The smallest absolute Gasteiger partial charge is 0.135 e. The van der Waals surface area contributed by atoms with E-state index in [1.165, 1.54) is 18.5 Å². The summed E-state index contributed by atoms with van der Waals surface area (Å²) in [7, 11) is 1.64. The van der Waals surface area contributed by atoms with E-state index < -0.39 is 0 Å². The third-order valence-electron chi connectivity index (χ3n) is 3.66. The van der Waals surface area contributed by atoms with Crippen LogP contribution in [-0.4, -0.2) is 23.6 Å². The summed E-state index contributed by atoms with van der Waals surface area (Å²) in [5, 5.41) is 6.47. The lowest BCUT2D eigenvalue weighted by Crippen LogP contribution is -2.07. The molecular formula is C19H19FN4O. The van der Waals surface area contributed by atoms with E-state index >= 15 is 0 Å². The van der Waals surface area contributed by atoms with Gasteiger partial charge < -0.3 is 15.4 Å². The van der Waals surface area contributed by atoms with Crippen molar-refractivity contribution in [3.63, 3.8) is 0 Å². The van der Waals surface area contributed by atoms with Gasteiger partial charge in [0.2, 0.25) is 0 Å². The molecule has 0 radical (unpaired) electrons. The Bertz CT molecular complexity index is 806. The number of hydrogen-bond acceptors (Lipinski definition) is 5. The molecule has 2 aromatic carbocycles. The molecule has 0 aliphatic carbocycles. The number of benzene rings is 2. The zero-order valence-corrected chi connectivity index (χ0v) is 13.9. The van der Waals surface area contributed by atoms with Crippen LogP contribution < -0.4 is 15.4 Å². The highest BCUT2D eigenvalue weighted by atomic mass is 19.1. The van der Waals surface area contributed by atoms with Crippen LogP contribution in [0.1, 0.15) is 5.56 Å². The van der Waals surface area contributed by atoms with Crippen molar-refractivity contribution in [2.24, 2.45) is 0 Å². The summed E-state index contributed by atoms with van der Waals surface area (Å²) < 4.78 is 18.0. The lowest BCUT2D eigenvalue weighted by atomic mass is 10.1. The average molecular weight is 338 g/mol. The Balaban J connectivity index is 1.56. The van der Waals surface area contributed by atoms with Gasteiger partial charge in [-0.25, -0.2) is 14.4 Å². The third-order valence-corrected chi connectivity index (χ3v) is 3.66. The molecule has 0 unspecified atom stereocenters. The molecule has 0 fully saturated rings. The van der Waals surface area contributed by atoms with E-state index in [-0.39, 0.29) is 5.82 Å². The van der Waals surface area contributed by atoms with E-state index in [2.05, 4.69) is 20.6 Å². The first-order valence-corrected chi connectivity index (χ1v) is 7.94. The Morgan fingerprint density at radius 2 is 1.68 bits per heavy atom. The Labute approximate surface area is 145 Å². The number of ether oxygens (including phenoxy) is 1. The Kier molecular flexibility index (Phi) is 5.41. The van der Waals surface area contributed by atoms with Crippen LogP contribution in [0, 0.1) is 5.82 Å². The first-order valence-electron chi connectivity index (χ1n) is 7.94. The van der Waals surface area contributed by atoms with E-state index in [9.17, 15) is 4.39 Å². The number of hydrogen-bond donors (Lipinski definition) is 2. The minimum atomic E-state index is -0.221. The van der Waals surface area contributed by atoms with Gasteiger partial charge in [-0.15, -0.1) is 0 Å². The van der Waals surface area contributed by atoms with Gasteiger partial charge in [0.15, 0.2) is 0 Å². The molecule has 0 aliphatic heterocycles. The van der Waals surface area contributed by atoms with E-state index in [1.54, 1.807) is 19.2 Å². The maximum atomic E-state index is 12.9. The summed E-state index contributed by atoms with van der Waals surface area (Å²) in [5.74, 6) is 2.01. The van der Waals surface area contributed by atoms with E-state index in [4.69, 9.17) is 4.74 Å². The predicted octanol–water partition coefficient (Wildman–Crippen LogP) is 4.02. The summed E-state index contributed by atoms with van der Waals surface area (Å²) in [6.45, 7) is 0.699. The van der Waals surface area contributed by atoms with E-state index in [1.807, 2.05) is 30.3 Å². The fourth-order valence-corrected chi connectivity index (χ4v) is 2.33. The molecule has 5 nitrogen and oxygen atoms in total. The second-order valence-electron chi connectivity index (χ2n) is 5.45. The highest BCUT2D eigenvalue weighted by molar-refractivity contribution is 5.59. The summed E-state index contributed by atoms with van der Waals surface area (Å²) >= 11 is 0. The molecular weight excluding hydrogens is 319 g/mol. The molecule has 0 atom stereocenters. The zero-order valence-electron chi connectivity index (χ0n) is 13.9. The molecule has 0 saturated carbocycles. The molecule has 6 heteroatoms. The van der Waals surface area contributed by atoms with Crippen LogP contribution in [0.4, 0.5) is 21.7 Å². The number of methoxy groups -OCH3 is 1. The fraction of sp³-hybridized carbons (Fsp3) is 0.158. The van der Waals surface area contributed by atoms with Crippen LogP contribution in [0.2, 0.25) is 0 Å². The van der Waals surface area contributed by atoms with Crippen molar-refractivity contribution in [1.82, 2.24) is 9.97 Å². The average Bonchev–Trinajstić information content (AvgIpc) is 2.64. The molecule has 0 bridgehead atoms. The molecule has 1 heterocycles. The molecule has 1 aromatic heterocycles. The minimum absolute atomic E-state index is 0.221. The molecule has 0 amide bonds. The normalized spacial score (nSPS) is 10.3. The van der Waals surface area contributed by atoms with Crippen LogP contribution in [0.25, 0.3) is 0 Å². The molecule has 2 N–H and O–H groups in total. The highest BCUT2D eigenvalue weighted by Gasteiger charge is 2.01. The van der Waals surface area contributed by atoms with Crippen LogP contribution in [0.5, 0.6) is 5.75 Å². The second-order valence-corrected chi connectivity index (χ2v) is 5.45. The highest BCUT2D eigenvalue weighted by Crippen LogP contribution is 2.19.